The molecule has 1 N–H and O–H groups in total. The van der Waals surface area contributed by atoms with E-state index >= 15 is 0 Å². The largest absolute Gasteiger partial charge is 0.468 e. The van der Waals surface area contributed by atoms with Gasteiger partial charge in [-0.2, -0.15) is 0 Å². The van der Waals surface area contributed by atoms with E-state index < -0.39 is 0 Å². The molecular formula is C26H32N4O2. The Balaban J connectivity index is 1.34. The molecule has 1 aromatic heterocycles. The van der Waals surface area contributed by atoms with Gasteiger partial charge in [0.2, 0.25) is 5.91 Å². The van der Waals surface area contributed by atoms with E-state index in [1.54, 1.807) is 6.26 Å². The summed E-state index contributed by atoms with van der Waals surface area (Å²) >= 11 is 0. The molecule has 1 aliphatic rings. The SMILES string of the molecule is CCN1CCN(c2ccc(NC(=O)CN(Cc3ccccc3)Cc3ccco3)cc2)CC1. The van der Waals surface area contributed by atoms with Gasteiger partial charge in [-0.05, 0) is 48.5 Å². The second-order valence-electron chi connectivity index (χ2n) is 8.23. The molecule has 168 valence electrons. The smallest absolute Gasteiger partial charge is 0.238 e. The van der Waals surface area contributed by atoms with Gasteiger partial charge in [0, 0.05) is 44.1 Å². The maximum absolute atomic E-state index is 12.8. The average molecular weight is 433 g/mol. The van der Waals surface area contributed by atoms with Crippen molar-refractivity contribution in [2.45, 2.75) is 20.0 Å². The third-order valence-corrected chi connectivity index (χ3v) is 5.91. The third kappa shape index (κ3) is 6.22. The Morgan fingerprint density at radius 2 is 1.69 bits per heavy atom. The molecule has 0 spiro atoms. The fourth-order valence-electron chi connectivity index (χ4n) is 4.11. The zero-order valence-electron chi connectivity index (χ0n) is 18.7. The van der Waals surface area contributed by atoms with E-state index in [2.05, 4.69) is 51.2 Å². The highest BCUT2D eigenvalue weighted by molar-refractivity contribution is 5.92. The van der Waals surface area contributed by atoms with Gasteiger partial charge >= 0.3 is 0 Å². The molecular weight excluding hydrogens is 400 g/mol. The summed E-state index contributed by atoms with van der Waals surface area (Å²) in [5.74, 6) is 0.818. The molecule has 0 bridgehead atoms. The Hall–Kier alpha value is -3.09. The Kier molecular flexibility index (Phi) is 7.59. The number of anilines is 2. The molecule has 3 aromatic rings. The van der Waals surface area contributed by atoms with Gasteiger partial charge in [-0.3, -0.25) is 9.69 Å². The van der Waals surface area contributed by atoms with Crippen molar-refractivity contribution in [1.82, 2.24) is 9.80 Å². The lowest BCUT2D eigenvalue weighted by Gasteiger charge is -2.35. The lowest BCUT2D eigenvalue weighted by atomic mass is 10.2. The van der Waals surface area contributed by atoms with E-state index in [-0.39, 0.29) is 12.5 Å². The van der Waals surface area contributed by atoms with Crippen LogP contribution in [0.5, 0.6) is 0 Å². The highest BCUT2D eigenvalue weighted by Crippen LogP contribution is 2.20. The van der Waals surface area contributed by atoms with Crippen LogP contribution in [0.2, 0.25) is 0 Å². The summed E-state index contributed by atoms with van der Waals surface area (Å²) in [4.78, 5) is 19.8. The number of amides is 1. The summed E-state index contributed by atoms with van der Waals surface area (Å²) < 4.78 is 5.51. The van der Waals surface area contributed by atoms with Crippen molar-refractivity contribution in [3.63, 3.8) is 0 Å². The number of benzene rings is 2. The van der Waals surface area contributed by atoms with Gasteiger partial charge in [0.25, 0.3) is 0 Å². The first kappa shape index (κ1) is 22.1. The summed E-state index contributed by atoms with van der Waals surface area (Å²) in [5, 5.41) is 3.05. The molecule has 0 atom stereocenters. The van der Waals surface area contributed by atoms with Crippen molar-refractivity contribution < 1.29 is 9.21 Å². The minimum atomic E-state index is -0.0307. The van der Waals surface area contributed by atoms with Crippen LogP contribution in [0.15, 0.2) is 77.4 Å². The number of piperazine rings is 1. The standard InChI is InChI=1S/C26H32N4O2/c1-2-28-14-16-30(17-15-28)24-12-10-23(11-13-24)27-26(31)21-29(20-25-9-6-18-32-25)19-22-7-4-3-5-8-22/h3-13,18H,2,14-17,19-21H2,1H3,(H,27,31). The van der Waals surface area contributed by atoms with Gasteiger partial charge < -0.3 is 19.5 Å². The summed E-state index contributed by atoms with van der Waals surface area (Å²) in [6.45, 7) is 9.15. The second-order valence-corrected chi connectivity index (χ2v) is 8.23. The van der Waals surface area contributed by atoms with Gasteiger partial charge in [0.1, 0.15) is 5.76 Å². The van der Waals surface area contributed by atoms with Gasteiger partial charge in [0.15, 0.2) is 0 Å². The Morgan fingerprint density at radius 1 is 0.938 bits per heavy atom. The molecule has 32 heavy (non-hydrogen) atoms. The monoisotopic (exact) mass is 432 g/mol. The number of nitrogens with one attached hydrogen (secondary N) is 1. The average Bonchev–Trinajstić information content (AvgIpc) is 3.33. The third-order valence-electron chi connectivity index (χ3n) is 5.91. The highest BCUT2D eigenvalue weighted by Gasteiger charge is 2.17. The molecule has 1 amide bonds. The first-order valence-corrected chi connectivity index (χ1v) is 11.4. The van der Waals surface area contributed by atoms with Gasteiger partial charge in [0.05, 0.1) is 19.4 Å². The summed E-state index contributed by atoms with van der Waals surface area (Å²) in [5.41, 5.74) is 3.20. The van der Waals surface area contributed by atoms with Crippen LogP contribution < -0.4 is 10.2 Å². The number of hydrogen-bond donors (Lipinski definition) is 1. The van der Waals surface area contributed by atoms with E-state index in [0.717, 1.165) is 44.2 Å². The Bertz CT molecular complexity index is 949. The minimum Gasteiger partial charge on any atom is -0.468 e. The molecule has 2 heterocycles. The van der Waals surface area contributed by atoms with E-state index in [1.165, 1.54) is 11.3 Å². The molecule has 1 saturated heterocycles. The summed E-state index contributed by atoms with van der Waals surface area (Å²) in [6, 6.07) is 22.2. The molecule has 0 aliphatic carbocycles. The summed E-state index contributed by atoms with van der Waals surface area (Å²) in [7, 11) is 0. The number of nitrogens with zero attached hydrogens (tertiary/aromatic N) is 3. The van der Waals surface area contributed by atoms with Crippen LogP contribution in [-0.2, 0) is 17.9 Å². The van der Waals surface area contributed by atoms with Crippen molar-refractivity contribution in [1.29, 1.82) is 0 Å². The lowest BCUT2D eigenvalue weighted by molar-refractivity contribution is -0.117. The maximum Gasteiger partial charge on any atom is 0.238 e. The van der Waals surface area contributed by atoms with Crippen LogP contribution >= 0.6 is 0 Å². The maximum atomic E-state index is 12.8. The quantitative estimate of drug-likeness (QED) is 0.553. The molecule has 0 radical (unpaired) electrons. The number of carbonyl (C=O) groups excluding carboxylic acids is 1. The van der Waals surface area contributed by atoms with Crippen molar-refractivity contribution in [2.24, 2.45) is 0 Å². The zero-order chi connectivity index (χ0) is 22.2. The van der Waals surface area contributed by atoms with Gasteiger partial charge in [-0.25, -0.2) is 0 Å². The predicted molar refractivity (Wildman–Crippen MR) is 129 cm³/mol. The van der Waals surface area contributed by atoms with E-state index in [1.807, 2.05) is 42.5 Å². The van der Waals surface area contributed by atoms with Crippen LogP contribution in [0.1, 0.15) is 18.2 Å². The number of hydrogen-bond acceptors (Lipinski definition) is 5. The molecule has 6 nitrogen and oxygen atoms in total. The van der Waals surface area contributed by atoms with Gasteiger partial charge in [-0.1, -0.05) is 37.3 Å². The van der Waals surface area contributed by atoms with Gasteiger partial charge in [-0.15, -0.1) is 0 Å². The first-order chi connectivity index (χ1) is 15.7. The van der Waals surface area contributed by atoms with E-state index in [9.17, 15) is 4.79 Å². The normalized spacial score (nSPS) is 14.6. The van der Waals surface area contributed by atoms with Crippen molar-refractivity contribution >= 4 is 17.3 Å². The predicted octanol–water partition coefficient (Wildman–Crippen LogP) is 4.06. The summed E-state index contributed by atoms with van der Waals surface area (Å²) in [6.07, 6.45) is 1.67. The zero-order valence-corrected chi connectivity index (χ0v) is 18.7. The second kappa shape index (κ2) is 11.0. The van der Waals surface area contributed by atoms with Crippen molar-refractivity contribution in [3.8, 4) is 0 Å². The first-order valence-electron chi connectivity index (χ1n) is 11.4. The van der Waals surface area contributed by atoms with Crippen molar-refractivity contribution in [2.75, 3.05) is 49.5 Å². The van der Waals surface area contributed by atoms with Crippen LogP contribution in [-0.4, -0.2) is 55.0 Å². The molecule has 2 aromatic carbocycles. The van der Waals surface area contributed by atoms with E-state index in [0.29, 0.717) is 13.1 Å². The molecule has 1 aliphatic heterocycles. The number of rotatable bonds is 9. The van der Waals surface area contributed by atoms with Crippen LogP contribution in [0.4, 0.5) is 11.4 Å². The minimum absolute atomic E-state index is 0.0307. The number of likely N-dealkylation sites (N-methyl/N-ethyl adjacent to an activating group) is 1. The molecule has 0 unspecified atom stereocenters. The lowest BCUT2D eigenvalue weighted by Crippen LogP contribution is -2.46. The molecule has 4 rings (SSSR count). The highest BCUT2D eigenvalue weighted by atomic mass is 16.3. The fourth-order valence-corrected chi connectivity index (χ4v) is 4.11. The Morgan fingerprint density at radius 3 is 2.34 bits per heavy atom. The topological polar surface area (TPSA) is 52.0 Å². The Labute approximate surface area is 190 Å². The number of furan rings is 1. The van der Waals surface area contributed by atoms with E-state index in [4.69, 9.17) is 4.42 Å². The van der Waals surface area contributed by atoms with Crippen molar-refractivity contribution in [3.05, 3.63) is 84.3 Å². The van der Waals surface area contributed by atoms with Crippen LogP contribution in [0, 0.1) is 0 Å². The van der Waals surface area contributed by atoms with Crippen LogP contribution in [0.25, 0.3) is 0 Å². The molecule has 1 fully saturated rings. The van der Waals surface area contributed by atoms with Crippen LogP contribution in [0.3, 0.4) is 0 Å². The molecule has 6 heteroatoms. The number of carbonyl (C=O) groups is 1. The fraction of sp³-hybridized carbons (Fsp3) is 0.346. The molecule has 0 saturated carbocycles.